The monoisotopic (exact) mass is 102 g/mol. The van der Waals surface area contributed by atoms with Crippen molar-refractivity contribution in [1.29, 1.82) is 0 Å². The van der Waals surface area contributed by atoms with Crippen molar-refractivity contribution in [3.8, 4) is 0 Å². The predicted octanol–water partition coefficient (Wildman–Crippen LogP) is -0.322. The van der Waals surface area contributed by atoms with E-state index in [-0.39, 0.29) is 5.78 Å². The summed E-state index contributed by atoms with van der Waals surface area (Å²) in [5.41, 5.74) is 0. The molecule has 0 saturated carbocycles. The number of hydroxylamine groups is 1. The van der Waals surface area contributed by atoms with Gasteiger partial charge in [-0.25, -0.2) is 0 Å². The van der Waals surface area contributed by atoms with E-state index in [1.165, 1.54) is 14.0 Å². The second-order valence-corrected chi connectivity index (χ2v) is 1.31. The molecule has 0 bridgehead atoms. The molecule has 0 atom stereocenters. The molecule has 0 aromatic heterocycles. The normalized spacial score (nSPS) is 11.4. The summed E-state index contributed by atoms with van der Waals surface area (Å²) in [6.07, 6.45) is 1.08. The van der Waals surface area contributed by atoms with E-state index in [0.717, 1.165) is 11.0 Å². The summed E-state index contributed by atoms with van der Waals surface area (Å²) in [5, 5.41) is 8.28. The quantitative estimate of drug-likeness (QED) is 0.213. The van der Waals surface area contributed by atoms with Gasteiger partial charge in [0.2, 0.25) is 5.78 Å². The maximum atomic E-state index is 10.00. The van der Waals surface area contributed by atoms with Gasteiger partial charge < -0.3 is 0 Å². The Hall–Kier alpha value is -0.860. The van der Waals surface area contributed by atoms with Crippen LogP contribution in [-0.2, 0) is 4.79 Å². The van der Waals surface area contributed by atoms with Crippen LogP contribution in [0.2, 0.25) is 0 Å². The second-order valence-electron chi connectivity index (χ2n) is 1.31. The summed E-state index contributed by atoms with van der Waals surface area (Å²) in [6.45, 7) is 1.37. The van der Waals surface area contributed by atoms with E-state index in [4.69, 9.17) is 5.21 Å². The molecule has 0 aromatic rings. The molecule has 0 aliphatic carbocycles. The second kappa shape index (κ2) is 2.34. The molecular formula is C4H8NO2+. The molecular weight excluding hydrogens is 94.0 g/mol. The Labute approximate surface area is 41.8 Å². The highest BCUT2D eigenvalue weighted by molar-refractivity contribution is 6.24. The summed E-state index contributed by atoms with van der Waals surface area (Å²) in [4.78, 5) is 10.00. The van der Waals surface area contributed by atoms with Crippen LogP contribution in [0.15, 0.2) is 0 Å². The molecule has 0 heterocycles. The fourth-order valence-electron chi connectivity index (χ4n) is 0.263. The van der Waals surface area contributed by atoms with E-state index in [1.54, 1.807) is 0 Å². The summed E-state index contributed by atoms with van der Waals surface area (Å²) >= 11 is 0. The maximum Gasteiger partial charge on any atom is 0.257 e. The van der Waals surface area contributed by atoms with Gasteiger partial charge in [-0.2, -0.15) is 0 Å². The number of carbonyl (C=O) groups is 1. The minimum atomic E-state index is -0.162. The summed E-state index contributed by atoms with van der Waals surface area (Å²) in [5.74, 6) is -0.162. The fourth-order valence-corrected chi connectivity index (χ4v) is 0.263. The minimum absolute atomic E-state index is 0.162. The Morgan fingerprint density at radius 3 is 2.29 bits per heavy atom. The Kier molecular flexibility index (Phi) is 2.05. The Morgan fingerprint density at radius 1 is 1.86 bits per heavy atom. The number of rotatable bonds is 1. The molecule has 40 valence electrons. The van der Waals surface area contributed by atoms with Crippen LogP contribution in [0.25, 0.3) is 0 Å². The highest BCUT2D eigenvalue weighted by Gasteiger charge is 1.90. The summed E-state index contributed by atoms with van der Waals surface area (Å²) < 4.78 is 0.725. The highest BCUT2D eigenvalue weighted by atomic mass is 16.5. The number of hydrogen-bond donors (Lipinski definition) is 1. The van der Waals surface area contributed by atoms with Crippen molar-refractivity contribution in [2.45, 2.75) is 6.92 Å². The first-order chi connectivity index (χ1) is 3.13. The SMILES string of the molecule is CC(=O)C=[N+](C)O. The van der Waals surface area contributed by atoms with Gasteiger partial charge in [-0.3, -0.25) is 10.0 Å². The number of hydrogen-bond acceptors (Lipinski definition) is 2. The Balaban J connectivity index is 3.68. The van der Waals surface area contributed by atoms with Gasteiger partial charge in [-0.15, -0.1) is 0 Å². The van der Waals surface area contributed by atoms with Crippen LogP contribution in [0, 0.1) is 0 Å². The van der Waals surface area contributed by atoms with Crippen molar-refractivity contribution in [3.05, 3.63) is 0 Å². The molecule has 0 aliphatic rings. The molecule has 0 radical (unpaired) electrons. The summed E-state index contributed by atoms with van der Waals surface area (Å²) in [7, 11) is 1.38. The summed E-state index contributed by atoms with van der Waals surface area (Å²) in [6, 6.07) is 0. The smallest absolute Gasteiger partial charge is 0.257 e. The lowest BCUT2D eigenvalue weighted by Crippen LogP contribution is -2.05. The third-order valence-corrected chi connectivity index (χ3v) is 0.369. The van der Waals surface area contributed by atoms with E-state index in [0.29, 0.717) is 0 Å². The molecule has 0 rings (SSSR count). The van der Waals surface area contributed by atoms with Crippen molar-refractivity contribution < 1.29 is 14.7 Å². The van der Waals surface area contributed by atoms with Gasteiger partial charge >= 0.3 is 0 Å². The lowest BCUT2D eigenvalue weighted by Gasteiger charge is -1.73. The number of carbonyl (C=O) groups excluding carboxylic acids is 1. The van der Waals surface area contributed by atoms with E-state index in [9.17, 15) is 4.79 Å². The van der Waals surface area contributed by atoms with E-state index in [1.807, 2.05) is 0 Å². The van der Waals surface area contributed by atoms with Crippen LogP contribution in [0.4, 0.5) is 0 Å². The maximum absolute atomic E-state index is 10.00. The number of ketones is 1. The predicted molar refractivity (Wildman–Crippen MR) is 24.7 cm³/mol. The third-order valence-electron chi connectivity index (χ3n) is 0.369. The van der Waals surface area contributed by atoms with Gasteiger partial charge in [0.05, 0.1) is 0 Å². The topological polar surface area (TPSA) is 40.3 Å². The Bertz CT molecular complexity index is 102. The fraction of sp³-hybridized carbons (Fsp3) is 0.500. The van der Waals surface area contributed by atoms with Gasteiger partial charge in [-0.05, 0) is 4.74 Å². The van der Waals surface area contributed by atoms with E-state index in [2.05, 4.69) is 0 Å². The van der Waals surface area contributed by atoms with Gasteiger partial charge in [0, 0.05) is 6.92 Å². The molecule has 0 aromatic carbocycles. The zero-order chi connectivity index (χ0) is 5.86. The van der Waals surface area contributed by atoms with Crippen LogP contribution in [0.5, 0.6) is 0 Å². The van der Waals surface area contributed by atoms with Crippen molar-refractivity contribution >= 4 is 12.0 Å². The molecule has 0 amide bonds. The largest absolute Gasteiger partial charge is 0.291 e. The molecule has 0 aliphatic heterocycles. The zero-order valence-corrected chi connectivity index (χ0v) is 4.38. The van der Waals surface area contributed by atoms with Gasteiger partial charge in [0.15, 0.2) is 7.05 Å². The molecule has 3 nitrogen and oxygen atoms in total. The molecule has 1 N–H and O–H groups in total. The molecule has 7 heavy (non-hydrogen) atoms. The third kappa shape index (κ3) is 5.14. The molecule has 0 saturated heterocycles. The van der Waals surface area contributed by atoms with Crippen molar-refractivity contribution in [2.75, 3.05) is 7.05 Å². The average Bonchev–Trinajstić information content (AvgIpc) is 1.27. The van der Waals surface area contributed by atoms with Crippen molar-refractivity contribution in [3.63, 3.8) is 0 Å². The lowest BCUT2D eigenvalue weighted by atomic mass is 10.5. The van der Waals surface area contributed by atoms with E-state index < -0.39 is 0 Å². The molecule has 0 fully saturated rings. The molecule has 0 spiro atoms. The molecule has 3 heteroatoms. The van der Waals surface area contributed by atoms with Gasteiger partial charge in [0.1, 0.15) is 0 Å². The van der Waals surface area contributed by atoms with Gasteiger partial charge in [0.25, 0.3) is 6.21 Å². The Morgan fingerprint density at radius 2 is 2.29 bits per heavy atom. The lowest BCUT2D eigenvalue weighted by molar-refractivity contribution is -0.750. The van der Waals surface area contributed by atoms with Crippen LogP contribution in [-0.4, -0.2) is 29.0 Å². The number of Topliss-reactive ketones (excluding diaryl/α,β-unsaturated/α-hetero) is 1. The first-order valence-corrected chi connectivity index (χ1v) is 1.90. The van der Waals surface area contributed by atoms with E-state index >= 15 is 0 Å². The zero-order valence-electron chi connectivity index (χ0n) is 4.38. The van der Waals surface area contributed by atoms with Gasteiger partial charge in [-0.1, -0.05) is 0 Å². The standard InChI is InChI=1S/C4H8NO2/c1-4(6)3-5(2)7/h3,7H,1-2H3/q+1. The van der Waals surface area contributed by atoms with Crippen molar-refractivity contribution in [2.24, 2.45) is 0 Å². The first kappa shape index (κ1) is 6.14. The van der Waals surface area contributed by atoms with Crippen molar-refractivity contribution in [1.82, 2.24) is 0 Å². The molecule has 0 unspecified atom stereocenters. The van der Waals surface area contributed by atoms with Crippen LogP contribution < -0.4 is 0 Å². The van der Waals surface area contributed by atoms with Crippen LogP contribution in [0.3, 0.4) is 0 Å². The van der Waals surface area contributed by atoms with Crippen LogP contribution >= 0.6 is 0 Å². The highest BCUT2D eigenvalue weighted by Crippen LogP contribution is 1.56. The first-order valence-electron chi connectivity index (χ1n) is 1.90. The minimum Gasteiger partial charge on any atom is -0.291 e. The average molecular weight is 102 g/mol. The number of nitrogens with zero attached hydrogens (tertiary/aromatic N) is 1. The van der Waals surface area contributed by atoms with Crippen LogP contribution in [0.1, 0.15) is 6.92 Å².